The number of aromatic nitrogens is 2. The number of carbonyl (C=O) groups excluding carboxylic acids is 1. The van der Waals surface area contributed by atoms with Crippen LogP contribution in [-0.4, -0.2) is 28.5 Å². The second kappa shape index (κ2) is 9.19. The molecule has 1 aromatic heterocycles. The summed E-state index contributed by atoms with van der Waals surface area (Å²) in [5, 5.41) is 2.88. The van der Waals surface area contributed by atoms with Gasteiger partial charge >= 0.3 is 0 Å². The number of ether oxygens (including phenoxy) is 1. The van der Waals surface area contributed by atoms with E-state index in [2.05, 4.69) is 21.4 Å². The number of aryl methyl sites for hydroxylation is 1. The summed E-state index contributed by atoms with van der Waals surface area (Å²) in [5.74, 6) is 0.901. The van der Waals surface area contributed by atoms with Crippen LogP contribution in [0.15, 0.2) is 60.9 Å². The van der Waals surface area contributed by atoms with E-state index in [0.717, 1.165) is 12.2 Å². The van der Waals surface area contributed by atoms with Crippen molar-refractivity contribution in [2.45, 2.75) is 33.8 Å². The van der Waals surface area contributed by atoms with E-state index >= 15 is 0 Å². The van der Waals surface area contributed by atoms with Gasteiger partial charge in [-0.15, -0.1) is 0 Å². The largest absolute Gasteiger partial charge is 0.489 e. The normalized spacial score (nSPS) is 10.7. The summed E-state index contributed by atoms with van der Waals surface area (Å²) >= 11 is 0. The third-order valence-corrected chi connectivity index (χ3v) is 4.27. The molecule has 1 heterocycles. The molecule has 1 amide bonds. The predicted molar refractivity (Wildman–Crippen MR) is 116 cm³/mol. The fraction of sp³-hybridized carbons (Fsp3) is 0.261. The first-order valence-corrected chi connectivity index (χ1v) is 9.71. The first-order chi connectivity index (χ1) is 14.0. The van der Waals surface area contributed by atoms with Crippen LogP contribution in [0, 0.1) is 6.92 Å². The van der Waals surface area contributed by atoms with Crippen molar-refractivity contribution in [1.82, 2.24) is 9.97 Å². The molecule has 29 heavy (non-hydrogen) atoms. The zero-order valence-corrected chi connectivity index (χ0v) is 17.2. The van der Waals surface area contributed by atoms with Gasteiger partial charge in [-0.05, 0) is 57.5 Å². The van der Waals surface area contributed by atoms with Gasteiger partial charge < -0.3 is 15.0 Å². The van der Waals surface area contributed by atoms with E-state index in [1.807, 2.05) is 69.0 Å². The standard InChI is InChI=1S/C23H26N4O2/c1-5-27(19-10-8-9-17(4)13-19)23-24-14-18(15-25-23)22(28)26-20-11-6-7-12-21(20)29-16(2)3/h6-16H,5H2,1-4H3,(H,26,28). The van der Waals surface area contributed by atoms with E-state index < -0.39 is 0 Å². The van der Waals surface area contributed by atoms with Crippen molar-refractivity contribution in [2.24, 2.45) is 0 Å². The van der Waals surface area contributed by atoms with Gasteiger partial charge in [0.2, 0.25) is 5.95 Å². The SMILES string of the molecule is CCN(c1cccc(C)c1)c1ncc(C(=O)Nc2ccccc2OC(C)C)cn1. The maximum atomic E-state index is 12.7. The van der Waals surface area contributed by atoms with Crippen molar-refractivity contribution >= 4 is 23.2 Å². The van der Waals surface area contributed by atoms with E-state index in [4.69, 9.17) is 4.74 Å². The zero-order valence-electron chi connectivity index (χ0n) is 17.2. The number of hydrogen-bond donors (Lipinski definition) is 1. The number of carbonyl (C=O) groups is 1. The van der Waals surface area contributed by atoms with Gasteiger partial charge in [0.15, 0.2) is 0 Å². The molecule has 2 aromatic carbocycles. The van der Waals surface area contributed by atoms with Crippen LogP contribution < -0.4 is 15.0 Å². The van der Waals surface area contributed by atoms with Crippen LogP contribution in [0.3, 0.4) is 0 Å². The average molecular weight is 390 g/mol. The number of anilines is 3. The minimum Gasteiger partial charge on any atom is -0.489 e. The average Bonchev–Trinajstić information content (AvgIpc) is 2.70. The lowest BCUT2D eigenvalue weighted by molar-refractivity contribution is 0.102. The molecule has 0 radical (unpaired) electrons. The lowest BCUT2D eigenvalue weighted by Gasteiger charge is -2.21. The fourth-order valence-electron chi connectivity index (χ4n) is 2.93. The Labute approximate surface area is 171 Å². The van der Waals surface area contributed by atoms with E-state index in [-0.39, 0.29) is 12.0 Å². The molecule has 0 aliphatic rings. The third kappa shape index (κ3) is 5.10. The number of benzene rings is 2. The van der Waals surface area contributed by atoms with Gasteiger partial charge in [0.25, 0.3) is 5.91 Å². The van der Waals surface area contributed by atoms with E-state index in [1.54, 1.807) is 18.5 Å². The highest BCUT2D eigenvalue weighted by Crippen LogP contribution is 2.26. The van der Waals surface area contributed by atoms with Crippen molar-refractivity contribution in [1.29, 1.82) is 0 Å². The Bertz CT molecular complexity index is 971. The molecular weight excluding hydrogens is 364 g/mol. The number of para-hydroxylation sites is 2. The highest BCUT2D eigenvalue weighted by atomic mass is 16.5. The molecule has 0 atom stereocenters. The summed E-state index contributed by atoms with van der Waals surface area (Å²) in [6.45, 7) is 8.69. The quantitative estimate of drug-likeness (QED) is 0.616. The molecule has 0 unspecified atom stereocenters. The Morgan fingerprint density at radius 1 is 1.10 bits per heavy atom. The Balaban J connectivity index is 1.77. The molecule has 6 nitrogen and oxygen atoms in total. The molecule has 0 saturated heterocycles. The Morgan fingerprint density at radius 2 is 1.83 bits per heavy atom. The minimum absolute atomic E-state index is 0.0114. The molecule has 0 fully saturated rings. The highest BCUT2D eigenvalue weighted by Gasteiger charge is 2.14. The molecule has 3 rings (SSSR count). The van der Waals surface area contributed by atoms with Crippen molar-refractivity contribution in [3.63, 3.8) is 0 Å². The molecule has 0 aliphatic carbocycles. The van der Waals surface area contributed by atoms with Gasteiger partial charge in [-0.1, -0.05) is 24.3 Å². The van der Waals surface area contributed by atoms with Crippen LogP contribution in [-0.2, 0) is 0 Å². The summed E-state index contributed by atoms with van der Waals surface area (Å²) in [4.78, 5) is 23.5. The first-order valence-electron chi connectivity index (χ1n) is 9.71. The Kier molecular flexibility index (Phi) is 6.44. The number of rotatable bonds is 7. The lowest BCUT2D eigenvalue weighted by Crippen LogP contribution is -2.20. The highest BCUT2D eigenvalue weighted by molar-refractivity contribution is 6.04. The fourth-order valence-corrected chi connectivity index (χ4v) is 2.93. The maximum Gasteiger partial charge on any atom is 0.258 e. The summed E-state index contributed by atoms with van der Waals surface area (Å²) in [5.41, 5.74) is 3.18. The molecule has 150 valence electrons. The van der Waals surface area contributed by atoms with Crippen molar-refractivity contribution < 1.29 is 9.53 Å². The second-order valence-corrected chi connectivity index (χ2v) is 6.97. The summed E-state index contributed by atoms with van der Waals surface area (Å²) in [6, 6.07) is 15.5. The van der Waals surface area contributed by atoms with Crippen LogP contribution in [0.4, 0.5) is 17.3 Å². The van der Waals surface area contributed by atoms with E-state index in [1.165, 1.54) is 5.56 Å². The smallest absolute Gasteiger partial charge is 0.258 e. The minimum atomic E-state index is -0.282. The zero-order chi connectivity index (χ0) is 20.8. The van der Waals surface area contributed by atoms with E-state index in [0.29, 0.717) is 22.9 Å². The van der Waals surface area contributed by atoms with Gasteiger partial charge in [0.05, 0.1) is 17.4 Å². The Morgan fingerprint density at radius 3 is 2.48 bits per heavy atom. The van der Waals surface area contributed by atoms with Crippen LogP contribution in [0.2, 0.25) is 0 Å². The van der Waals surface area contributed by atoms with Crippen molar-refractivity contribution in [2.75, 3.05) is 16.8 Å². The van der Waals surface area contributed by atoms with Crippen LogP contribution >= 0.6 is 0 Å². The van der Waals surface area contributed by atoms with Gasteiger partial charge in [-0.2, -0.15) is 0 Å². The molecule has 0 aliphatic heterocycles. The summed E-state index contributed by atoms with van der Waals surface area (Å²) in [7, 11) is 0. The molecule has 3 aromatic rings. The van der Waals surface area contributed by atoms with Gasteiger partial charge in [0, 0.05) is 24.6 Å². The number of amides is 1. The van der Waals surface area contributed by atoms with Crippen LogP contribution in [0.25, 0.3) is 0 Å². The van der Waals surface area contributed by atoms with Crippen molar-refractivity contribution in [3.05, 3.63) is 72.1 Å². The molecule has 0 bridgehead atoms. The van der Waals surface area contributed by atoms with E-state index in [9.17, 15) is 4.79 Å². The summed E-state index contributed by atoms with van der Waals surface area (Å²) in [6.07, 6.45) is 3.10. The Hall–Kier alpha value is -3.41. The van der Waals surface area contributed by atoms with Crippen LogP contribution in [0.5, 0.6) is 5.75 Å². The molecule has 0 spiro atoms. The molecule has 1 N–H and O–H groups in total. The third-order valence-electron chi connectivity index (χ3n) is 4.27. The summed E-state index contributed by atoms with van der Waals surface area (Å²) < 4.78 is 5.75. The lowest BCUT2D eigenvalue weighted by atomic mass is 10.2. The first kappa shape index (κ1) is 20.3. The second-order valence-electron chi connectivity index (χ2n) is 6.97. The van der Waals surface area contributed by atoms with Gasteiger partial charge in [-0.3, -0.25) is 4.79 Å². The molecule has 6 heteroatoms. The number of hydrogen-bond acceptors (Lipinski definition) is 5. The topological polar surface area (TPSA) is 67.4 Å². The van der Waals surface area contributed by atoms with Crippen LogP contribution in [0.1, 0.15) is 36.7 Å². The van der Waals surface area contributed by atoms with Crippen molar-refractivity contribution in [3.8, 4) is 5.75 Å². The number of nitrogens with zero attached hydrogens (tertiary/aromatic N) is 3. The predicted octanol–water partition coefficient (Wildman–Crippen LogP) is 4.98. The maximum absolute atomic E-state index is 12.7. The van der Waals surface area contributed by atoms with Gasteiger partial charge in [0.1, 0.15) is 5.75 Å². The molecular formula is C23H26N4O2. The number of nitrogens with one attached hydrogen (secondary N) is 1. The molecule has 0 saturated carbocycles. The van der Waals surface area contributed by atoms with Gasteiger partial charge in [-0.25, -0.2) is 9.97 Å². The monoisotopic (exact) mass is 390 g/mol.